The number of carbonyl (C=O) groups is 2. The van der Waals surface area contributed by atoms with E-state index in [0.29, 0.717) is 43.1 Å². The Hall–Kier alpha value is -1.03. The molecule has 2 saturated carbocycles. The van der Waals surface area contributed by atoms with E-state index >= 15 is 0 Å². The van der Waals surface area contributed by atoms with E-state index in [2.05, 4.69) is 13.8 Å². The maximum Gasteiger partial charge on any atom is 0.306 e. The fourth-order valence-corrected chi connectivity index (χ4v) is 8.07. The van der Waals surface area contributed by atoms with E-state index in [4.69, 9.17) is 16.3 Å². The first-order valence-corrected chi connectivity index (χ1v) is 11.4. The number of esters is 1. The predicted molar refractivity (Wildman–Crippen MR) is 109 cm³/mol. The van der Waals surface area contributed by atoms with Gasteiger partial charge < -0.3 is 9.64 Å². The van der Waals surface area contributed by atoms with Crippen molar-refractivity contribution in [2.24, 2.45) is 34.5 Å². The highest BCUT2D eigenvalue weighted by molar-refractivity contribution is 6.30. The van der Waals surface area contributed by atoms with Crippen LogP contribution in [0.2, 0.25) is 0 Å². The molecule has 4 aliphatic rings. The molecule has 5 heteroatoms. The third kappa shape index (κ3) is 2.85. The van der Waals surface area contributed by atoms with E-state index in [1.807, 2.05) is 18.9 Å². The molecule has 0 radical (unpaired) electrons. The first-order valence-electron chi connectivity index (χ1n) is 11.0. The largest absolute Gasteiger partial charge is 0.466 e. The second-order valence-corrected chi connectivity index (χ2v) is 10.5. The summed E-state index contributed by atoms with van der Waals surface area (Å²) in [4.78, 5) is 26.3. The lowest BCUT2D eigenvalue weighted by molar-refractivity contribution is -0.146. The molecule has 3 unspecified atom stereocenters. The van der Waals surface area contributed by atoms with E-state index in [-0.39, 0.29) is 22.7 Å². The molecule has 6 atom stereocenters. The van der Waals surface area contributed by atoms with Crippen molar-refractivity contribution < 1.29 is 14.3 Å². The van der Waals surface area contributed by atoms with Crippen LogP contribution in [0.15, 0.2) is 10.7 Å². The van der Waals surface area contributed by atoms with Gasteiger partial charge in [0.15, 0.2) is 0 Å². The van der Waals surface area contributed by atoms with Gasteiger partial charge in [0.25, 0.3) is 0 Å². The number of carbonyl (C=O) groups excluding carboxylic acids is 2. The van der Waals surface area contributed by atoms with E-state index in [9.17, 15) is 9.59 Å². The molecule has 28 heavy (non-hydrogen) atoms. The van der Waals surface area contributed by atoms with Crippen molar-refractivity contribution in [3.63, 3.8) is 0 Å². The van der Waals surface area contributed by atoms with E-state index in [1.54, 1.807) is 0 Å². The maximum atomic E-state index is 12.3. The molecule has 4 rings (SSSR count). The van der Waals surface area contributed by atoms with E-state index in [1.165, 1.54) is 19.3 Å². The minimum Gasteiger partial charge on any atom is -0.466 e. The summed E-state index contributed by atoms with van der Waals surface area (Å²) < 4.78 is 5.26. The topological polar surface area (TPSA) is 46.6 Å². The highest BCUT2D eigenvalue weighted by Gasteiger charge is 2.60. The molecule has 0 bridgehead atoms. The Morgan fingerprint density at radius 1 is 1.21 bits per heavy atom. The Labute approximate surface area is 174 Å². The molecule has 3 aliphatic carbocycles. The molecule has 1 heterocycles. The van der Waals surface area contributed by atoms with Gasteiger partial charge in [-0.15, -0.1) is 0 Å². The third-order valence-corrected chi connectivity index (χ3v) is 9.28. The summed E-state index contributed by atoms with van der Waals surface area (Å²) in [5.74, 6) is 2.33. The average molecular weight is 408 g/mol. The lowest BCUT2D eigenvalue weighted by Crippen LogP contribution is -2.54. The molecule has 1 aliphatic heterocycles. The summed E-state index contributed by atoms with van der Waals surface area (Å²) in [6.45, 7) is 7.10. The molecule has 0 aromatic carbocycles. The van der Waals surface area contributed by atoms with Crippen molar-refractivity contribution in [1.29, 1.82) is 0 Å². The highest BCUT2D eigenvalue weighted by atomic mass is 35.5. The molecule has 4 nitrogen and oxygen atoms in total. The number of allylic oxidation sites excluding steroid dienone is 2. The van der Waals surface area contributed by atoms with Gasteiger partial charge in [0.2, 0.25) is 5.91 Å². The fourth-order valence-electron chi connectivity index (χ4n) is 7.55. The Bertz CT molecular complexity index is 719. The van der Waals surface area contributed by atoms with Crippen LogP contribution in [0.5, 0.6) is 0 Å². The summed E-state index contributed by atoms with van der Waals surface area (Å²) in [6, 6.07) is 0. The molecule has 1 saturated heterocycles. The summed E-state index contributed by atoms with van der Waals surface area (Å²) in [6.07, 6.45) is 7.63. The summed E-state index contributed by atoms with van der Waals surface area (Å²) >= 11 is 6.87. The SMILES string of the molecule is CCOC(=O)C[C@H]1CCC2C3CC(Cl)=C4N(C)C(=O)CC[C@]4(C)C3CC[C@@]21C. The van der Waals surface area contributed by atoms with Gasteiger partial charge in [-0.2, -0.15) is 0 Å². The second-order valence-electron chi connectivity index (χ2n) is 10.0. The van der Waals surface area contributed by atoms with Crippen LogP contribution in [0.1, 0.15) is 72.1 Å². The summed E-state index contributed by atoms with van der Waals surface area (Å²) in [5, 5.41) is 0.900. The molecule has 0 aromatic heterocycles. The Morgan fingerprint density at radius 2 is 1.96 bits per heavy atom. The van der Waals surface area contributed by atoms with Crippen LogP contribution in [-0.4, -0.2) is 30.4 Å². The number of nitrogens with zero attached hydrogens (tertiary/aromatic N) is 1. The van der Waals surface area contributed by atoms with Crippen LogP contribution in [0.3, 0.4) is 0 Å². The van der Waals surface area contributed by atoms with Crippen LogP contribution in [0.25, 0.3) is 0 Å². The molecular weight excluding hydrogens is 374 g/mol. The van der Waals surface area contributed by atoms with Gasteiger partial charge in [-0.05, 0) is 74.5 Å². The summed E-state index contributed by atoms with van der Waals surface area (Å²) in [5.41, 5.74) is 1.30. The van der Waals surface area contributed by atoms with Crippen LogP contribution in [-0.2, 0) is 14.3 Å². The van der Waals surface area contributed by atoms with Crippen molar-refractivity contribution in [2.75, 3.05) is 13.7 Å². The second kappa shape index (κ2) is 7.04. The van der Waals surface area contributed by atoms with Crippen molar-refractivity contribution in [2.45, 2.75) is 72.1 Å². The monoisotopic (exact) mass is 407 g/mol. The molecule has 3 fully saturated rings. The lowest BCUT2D eigenvalue weighted by Gasteiger charge is -2.59. The number of fused-ring (bicyclic) bond motifs is 5. The number of ether oxygens (including phenoxy) is 1. The normalized spacial score (nSPS) is 42.8. The Balaban J connectivity index is 1.62. The number of piperidine rings is 1. The predicted octanol–water partition coefficient (Wildman–Crippen LogP) is 5.11. The van der Waals surface area contributed by atoms with Crippen LogP contribution >= 0.6 is 11.6 Å². The van der Waals surface area contributed by atoms with Crippen molar-refractivity contribution in [3.8, 4) is 0 Å². The van der Waals surface area contributed by atoms with Gasteiger partial charge in [0, 0.05) is 36.0 Å². The van der Waals surface area contributed by atoms with Gasteiger partial charge in [-0.3, -0.25) is 9.59 Å². The zero-order chi connectivity index (χ0) is 20.3. The van der Waals surface area contributed by atoms with Crippen LogP contribution in [0, 0.1) is 34.5 Å². The average Bonchev–Trinajstić information content (AvgIpc) is 2.95. The van der Waals surface area contributed by atoms with Gasteiger partial charge in [-0.25, -0.2) is 0 Å². The lowest BCUT2D eigenvalue weighted by atomic mass is 9.49. The van der Waals surface area contributed by atoms with Crippen LogP contribution < -0.4 is 0 Å². The summed E-state index contributed by atoms with van der Waals surface area (Å²) in [7, 11) is 1.90. The van der Waals surface area contributed by atoms with Crippen molar-refractivity contribution in [3.05, 3.63) is 10.7 Å². The zero-order valence-corrected chi connectivity index (χ0v) is 18.5. The molecule has 0 aromatic rings. The number of halogens is 1. The number of rotatable bonds is 3. The van der Waals surface area contributed by atoms with E-state index in [0.717, 1.165) is 30.0 Å². The molecule has 156 valence electrons. The van der Waals surface area contributed by atoms with Gasteiger partial charge >= 0.3 is 5.97 Å². The van der Waals surface area contributed by atoms with Crippen molar-refractivity contribution >= 4 is 23.5 Å². The third-order valence-electron chi connectivity index (χ3n) is 8.95. The van der Waals surface area contributed by atoms with Crippen molar-refractivity contribution in [1.82, 2.24) is 4.90 Å². The first kappa shape index (κ1) is 20.3. The zero-order valence-electron chi connectivity index (χ0n) is 17.7. The number of likely N-dealkylation sites (tertiary alicyclic amines) is 1. The van der Waals surface area contributed by atoms with E-state index < -0.39 is 0 Å². The minimum absolute atomic E-state index is 0.00319. The first-order chi connectivity index (χ1) is 13.2. The number of amides is 1. The fraction of sp³-hybridized carbons (Fsp3) is 0.826. The van der Waals surface area contributed by atoms with Gasteiger partial charge in [0.05, 0.1) is 6.61 Å². The Kier molecular flexibility index (Phi) is 5.09. The standard InChI is InChI=1S/C23H34ClNO3/c1-5-28-20(27)12-14-6-7-16-15-13-18(24)21-23(3,11-9-19(26)25(21)4)17(15)8-10-22(14,16)2/h14-17H,5-13H2,1-4H3/t14-,15?,16?,17?,22-,23-/m1/s1. The smallest absolute Gasteiger partial charge is 0.306 e. The molecule has 0 N–H and O–H groups in total. The minimum atomic E-state index is -0.0419. The number of hydrogen-bond acceptors (Lipinski definition) is 3. The molecule has 1 amide bonds. The molecular formula is C23H34ClNO3. The van der Waals surface area contributed by atoms with Gasteiger partial charge in [0.1, 0.15) is 0 Å². The number of hydrogen-bond donors (Lipinski definition) is 0. The Morgan fingerprint density at radius 3 is 2.68 bits per heavy atom. The van der Waals surface area contributed by atoms with Crippen LogP contribution in [0.4, 0.5) is 0 Å². The maximum absolute atomic E-state index is 12.3. The highest BCUT2D eigenvalue weighted by Crippen LogP contribution is 2.67. The molecule has 0 spiro atoms. The quantitative estimate of drug-likeness (QED) is 0.610. The van der Waals surface area contributed by atoms with Gasteiger partial charge in [-0.1, -0.05) is 25.4 Å².